The molecule has 4 fully saturated rings. The van der Waals surface area contributed by atoms with Gasteiger partial charge < -0.3 is 40.6 Å². The molecule has 53 heavy (non-hydrogen) atoms. The van der Waals surface area contributed by atoms with Gasteiger partial charge in [-0.3, -0.25) is 0 Å². The predicted molar refractivity (Wildman–Crippen MR) is 217 cm³/mol. The summed E-state index contributed by atoms with van der Waals surface area (Å²) in [6, 6.07) is 0.0644. The van der Waals surface area contributed by atoms with Gasteiger partial charge in [0.25, 0.3) is 0 Å². The van der Waals surface area contributed by atoms with E-state index >= 15 is 0 Å². The lowest BCUT2D eigenvalue weighted by Gasteiger charge is -2.61. The number of nitrogens with one attached hydrogen (secondary N) is 1. The van der Waals surface area contributed by atoms with Crippen molar-refractivity contribution in [2.45, 2.75) is 149 Å². The Kier molecular flexibility index (Phi) is 20.2. The zero-order chi connectivity index (χ0) is 37.9. The summed E-state index contributed by atoms with van der Waals surface area (Å²) < 4.78 is 22.9. The summed E-state index contributed by atoms with van der Waals surface area (Å²) in [7, 11) is 0. The van der Waals surface area contributed by atoms with Gasteiger partial charge in [0, 0.05) is 32.8 Å². The van der Waals surface area contributed by atoms with Crippen LogP contribution < -0.4 is 16.8 Å². The van der Waals surface area contributed by atoms with Crippen LogP contribution in [0.25, 0.3) is 0 Å². The number of rotatable bonds is 27. The average Bonchev–Trinajstić information content (AvgIpc) is 3.52. The summed E-state index contributed by atoms with van der Waals surface area (Å²) in [6.45, 7) is 17.7. The Morgan fingerprint density at radius 3 is 2.17 bits per heavy atom. The first kappa shape index (κ1) is 44.7. The lowest BCUT2D eigenvalue weighted by Crippen LogP contribution is -2.54. The molecule has 0 spiro atoms. The van der Waals surface area contributed by atoms with Gasteiger partial charge in [-0.2, -0.15) is 0 Å². The molecule has 9 atom stereocenters. The minimum Gasteiger partial charge on any atom is -0.378 e. The Morgan fingerprint density at radius 2 is 1.42 bits per heavy atom. The van der Waals surface area contributed by atoms with Crippen molar-refractivity contribution in [1.82, 2.24) is 10.2 Å². The molecule has 2 amide bonds. The minimum absolute atomic E-state index is 0.0644. The van der Waals surface area contributed by atoms with Gasteiger partial charge in [-0.25, -0.2) is 4.79 Å². The van der Waals surface area contributed by atoms with Crippen LogP contribution in [-0.4, -0.2) is 96.0 Å². The third kappa shape index (κ3) is 13.0. The second-order valence-corrected chi connectivity index (χ2v) is 18.0. The smallest absolute Gasteiger partial charge is 0.317 e. The first-order valence-electron chi connectivity index (χ1n) is 22.6. The van der Waals surface area contributed by atoms with E-state index < -0.39 is 0 Å². The Labute approximate surface area is 325 Å². The third-order valence-corrected chi connectivity index (χ3v) is 14.8. The van der Waals surface area contributed by atoms with Crippen molar-refractivity contribution in [3.05, 3.63) is 0 Å². The molecule has 5 N–H and O–H groups in total. The first-order valence-corrected chi connectivity index (χ1v) is 22.6. The van der Waals surface area contributed by atoms with Crippen LogP contribution in [0.4, 0.5) is 4.79 Å². The first-order chi connectivity index (χ1) is 25.8. The predicted octanol–water partition coefficient (Wildman–Crippen LogP) is 8.18. The lowest BCUT2D eigenvalue weighted by molar-refractivity contribution is -0.136. The fourth-order valence-electron chi connectivity index (χ4n) is 11.8. The molecule has 4 saturated carbocycles. The van der Waals surface area contributed by atoms with E-state index in [0.29, 0.717) is 75.6 Å². The molecule has 0 radical (unpaired) electrons. The number of nitrogens with zero attached hydrogens (tertiary/aromatic N) is 1. The molecule has 0 saturated heterocycles. The summed E-state index contributed by atoms with van der Waals surface area (Å²) in [5, 5.41) is 3.15. The molecule has 9 nitrogen and oxygen atoms in total. The Bertz CT molecular complexity index is 1000. The van der Waals surface area contributed by atoms with Crippen molar-refractivity contribution in [3.8, 4) is 0 Å². The maximum Gasteiger partial charge on any atom is 0.317 e. The lowest BCUT2D eigenvalue weighted by atomic mass is 9.44. The number of unbranched alkanes of at least 4 members (excludes halogenated alkanes) is 5. The quantitative estimate of drug-likeness (QED) is 0.0725. The maximum atomic E-state index is 13.4. The summed E-state index contributed by atoms with van der Waals surface area (Å²) in [5.41, 5.74) is 12.1. The molecule has 0 bridgehead atoms. The molecular formula is C44H84N4O5. The molecule has 0 heterocycles. The molecule has 4 rings (SSSR count). The molecule has 0 aromatic carbocycles. The standard InChI is InChI=1S/C44H84N4O5/c1-5-6-7-8-9-10-25-48(42(49)47-24-29-51-31-33-52-32-30-50-28-23-46)26-11-13-35(2)39-16-17-40-38-15-14-36-34-37(53-27-12-22-45)18-20-43(36,3)41(38)19-21-44(39,40)4/h35-41H,5-34,45-46H2,1-4H3,(H,47,49)/t35-,36?,37-,38?,39?,40?,41?,43+,44-/m1/s1. The molecule has 5 unspecified atom stereocenters. The van der Waals surface area contributed by atoms with E-state index in [2.05, 4.69) is 37.9 Å². The molecule has 0 aliphatic heterocycles. The number of hydrogen-bond donors (Lipinski definition) is 3. The van der Waals surface area contributed by atoms with Gasteiger partial charge in [0.15, 0.2) is 0 Å². The van der Waals surface area contributed by atoms with Crippen LogP contribution in [0.5, 0.6) is 0 Å². The van der Waals surface area contributed by atoms with Crippen LogP contribution in [0.1, 0.15) is 143 Å². The van der Waals surface area contributed by atoms with Crippen molar-refractivity contribution in [3.63, 3.8) is 0 Å². The average molecular weight is 749 g/mol. The van der Waals surface area contributed by atoms with E-state index in [1.54, 1.807) is 0 Å². The third-order valence-electron chi connectivity index (χ3n) is 14.8. The zero-order valence-electron chi connectivity index (χ0n) is 34.9. The Morgan fingerprint density at radius 1 is 0.736 bits per heavy atom. The normalized spacial score (nSPS) is 31.4. The summed E-state index contributed by atoms with van der Waals surface area (Å²) >= 11 is 0. The highest BCUT2D eigenvalue weighted by molar-refractivity contribution is 5.74. The van der Waals surface area contributed by atoms with Crippen LogP contribution in [0, 0.1) is 46.3 Å². The van der Waals surface area contributed by atoms with Crippen molar-refractivity contribution in [1.29, 1.82) is 0 Å². The number of hydrogen-bond acceptors (Lipinski definition) is 7. The van der Waals surface area contributed by atoms with E-state index in [9.17, 15) is 4.79 Å². The van der Waals surface area contributed by atoms with Crippen molar-refractivity contribution in [2.75, 3.05) is 79.0 Å². The summed E-state index contributed by atoms with van der Waals surface area (Å²) in [6.07, 6.45) is 23.6. The highest BCUT2D eigenvalue weighted by Crippen LogP contribution is 2.68. The zero-order valence-corrected chi connectivity index (χ0v) is 34.9. The molecule has 4 aliphatic rings. The van der Waals surface area contributed by atoms with Crippen LogP contribution in [0.3, 0.4) is 0 Å². The number of amides is 2. The molecular weight excluding hydrogens is 665 g/mol. The number of carbonyl (C=O) groups excluding carboxylic acids is 1. The molecule has 9 heteroatoms. The van der Waals surface area contributed by atoms with Crippen LogP contribution in [0.2, 0.25) is 0 Å². The van der Waals surface area contributed by atoms with Crippen LogP contribution in [-0.2, 0) is 18.9 Å². The van der Waals surface area contributed by atoms with Gasteiger partial charge in [0.1, 0.15) is 0 Å². The van der Waals surface area contributed by atoms with Crippen molar-refractivity contribution >= 4 is 6.03 Å². The minimum atomic E-state index is 0.0644. The van der Waals surface area contributed by atoms with Crippen molar-refractivity contribution in [2.24, 2.45) is 57.8 Å². The van der Waals surface area contributed by atoms with Crippen molar-refractivity contribution < 1.29 is 23.7 Å². The van der Waals surface area contributed by atoms with Gasteiger partial charge in [-0.1, -0.05) is 59.8 Å². The monoisotopic (exact) mass is 749 g/mol. The second kappa shape index (κ2) is 23.9. The number of fused-ring (bicyclic) bond motifs is 5. The number of ether oxygens (including phenoxy) is 4. The fraction of sp³-hybridized carbons (Fsp3) is 0.977. The van der Waals surface area contributed by atoms with Gasteiger partial charge in [-0.05, 0) is 136 Å². The second-order valence-electron chi connectivity index (χ2n) is 18.0. The topological polar surface area (TPSA) is 121 Å². The Hall–Kier alpha value is -0.970. The van der Waals surface area contributed by atoms with Crippen LogP contribution >= 0.6 is 0 Å². The number of urea groups is 1. The molecule has 0 aromatic rings. The number of carbonyl (C=O) groups is 1. The Balaban J connectivity index is 1.21. The summed E-state index contributed by atoms with van der Waals surface area (Å²) in [5.74, 6) is 5.06. The molecule has 310 valence electrons. The largest absolute Gasteiger partial charge is 0.378 e. The number of nitrogens with two attached hydrogens (primary N) is 2. The highest BCUT2D eigenvalue weighted by Gasteiger charge is 2.60. The van der Waals surface area contributed by atoms with E-state index in [1.807, 2.05) is 0 Å². The highest BCUT2D eigenvalue weighted by atomic mass is 16.5. The SMILES string of the molecule is CCCCCCCCN(CCC[C@@H](C)C1CCC2C3CCC4C[C@H](OCCCN)CC[C@]4(C)C3CC[C@@]21C)C(=O)NCCOCCOCCOCCN. The van der Waals surface area contributed by atoms with Crippen LogP contribution in [0.15, 0.2) is 0 Å². The van der Waals surface area contributed by atoms with Gasteiger partial charge in [0.05, 0.1) is 45.7 Å². The maximum absolute atomic E-state index is 13.4. The summed E-state index contributed by atoms with van der Waals surface area (Å²) in [4.78, 5) is 15.5. The van der Waals surface area contributed by atoms with E-state index in [0.717, 1.165) is 75.1 Å². The van der Waals surface area contributed by atoms with Gasteiger partial charge >= 0.3 is 6.03 Å². The fourth-order valence-corrected chi connectivity index (χ4v) is 11.8. The van der Waals surface area contributed by atoms with Gasteiger partial charge in [0.2, 0.25) is 0 Å². The molecule has 0 aromatic heterocycles. The van der Waals surface area contributed by atoms with E-state index in [1.165, 1.54) is 96.3 Å². The van der Waals surface area contributed by atoms with E-state index in [4.69, 9.17) is 30.4 Å². The van der Waals surface area contributed by atoms with Gasteiger partial charge in [-0.15, -0.1) is 0 Å². The molecule has 4 aliphatic carbocycles. The van der Waals surface area contributed by atoms with E-state index in [-0.39, 0.29) is 6.03 Å².